The van der Waals surface area contributed by atoms with E-state index in [9.17, 15) is 0 Å². The Morgan fingerprint density at radius 2 is 2.00 bits per heavy atom. The van der Waals surface area contributed by atoms with Gasteiger partial charge in [-0.15, -0.1) is 12.4 Å². The van der Waals surface area contributed by atoms with Crippen molar-refractivity contribution in [1.29, 1.82) is 0 Å². The zero-order valence-corrected chi connectivity index (χ0v) is 8.57. The van der Waals surface area contributed by atoms with Gasteiger partial charge in [-0.1, -0.05) is 23.4 Å². The fourth-order valence-electron chi connectivity index (χ4n) is 0.845. The summed E-state index contributed by atoms with van der Waals surface area (Å²) in [6, 6.07) is 9.21. The molecule has 1 unspecified atom stereocenters. The van der Waals surface area contributed by atoms with E-state index in [2.05, 4.69) is 5.16 Å². The predicted molar refractivity (Wildman–Crippen MR) is 57.2 cm³/mol. The first-order valence-corrected chi connectivity index (χ1v) is 3.93. The van der Waals surface area contributed by atoms with Crippen molar-refractivity contribution in [3.8, 4) is 5.75 Å². The van der Waals surface area contributed by atoms with Crippen LogP contribution in [-0.4, -0.2) is 17.1 Å². The van der Waals surface area contributed by atoms with Gasteiger partial charge in [-0.25, -0.2) is 0 Å². The van der Waals surface area contributed by atoms with E-state index in [1.165, 1.54) is 0 Å². The molecule has 0 heterocycles. The normalized spacial score (nSPS) is 12.8. The minimum absolute atomic E-state index is 0. The molecular formula is C9H13ClN2O2. The molecule has 0 aliphatic rings. The Balaban J connectivity index is 0.00000169. The average Bonchev–Trinajstić information content (AvgIpc) is 2.18. The summed E-state index contributed by atoms with van der Waals surface area (Å²) in [5.41, 5.74) is 5.34. The molecule has 0 aromatic heterocycles. The van der Waals surface area contributed by atoms with Crippen LogP contribution in [0.3, 0.4) is 0 Å². The van der Waals surface area contributed by atoms with Gasteiger partial charge >= 0.3 is 0 Å². The summed E-state index contributed by atoms with van der Waals surface area (Å²) in [6.45, 7) is 1.71. The molecule has 1 aromatic rings. The van der Waals surface area contributed by atoms with Gasteiger partial charge in [0.1, 0.15) is 5.75 Å². The third-order valence-electron chi connectivity index (χ3n) is 1.59. The number of nitrogens with two attached hydrogens (primary N) is 1. The second-order valence-electron chi connectivity index (χ2n) is 2.60. The first kappa shape index (κ1) is 12.6. The van der Waals surface area contributed by atoms with E-state index in [0.29, 0.717) is 5.75 Å². The van der Waals surface area contributed by atoms with Crippen molar-refractivity contribution < 1.29 is 9.94 Å². The molecule has 0 aliphatic heterocycles. The van der Waals surface area contributed by atoms with Crippen molar-refractivity contribution in [1.82, 2.24) is 0 Å². The van der Waals surface area contributed by atoms with Crippen LogP contribution in [0.25, 0.3) is 0 Å². The number of nitrogens with zero attached hydrogens (tertiary/aromatic N) is 1. The van der Waals surface area contributed by atoms with E-state index in [1.807, 2.05) is 18.2 Å². The van der Waals surface area contributed by atoms with Crippen molar-refractivity contribution in [2.45, 2.75) is 13.0 Å². The molecule has 1 atom stereocenters. The molecule has 0 bridgehead atoms. The van der Waals surface area contributed by atoms with E-state index >= 15 is 0 Å². The summed E-state index contributed by atoms with van der Waals surface area (Å²) >= 11 is 0. The molecule has 0 aliphatic carbocycles. The molecule has 0 amide bonds. The molecule has 1 aromatic carbocycles. The van der Waals surface area contributed by atoms with E-state index < -0.39 is 6.10 Å². The van der Waals surface area contributed by atoms with Crippen LogP contribution < -0.4 is 10.5 Å². The predicted octanol–water partition coefficient (Wildman–Crippen LogP) is 1.62. The molecule has 1 rings (SSSR count). The summed E-state index contributed by atoms with van der Waals surface area (Å²) < 4.78 is 5.35. The topological polar surface area (TPSA) is 67.8 Å². The van der Waals surface area contributed by atoms with Crippen LogP contribution in [0.4, 0.5) is 0 Å². The Hall–Kier alpha value is -1.42. The van der Waals surface area contributed by atoms with Gasteiger partial charge in [-0.05, 0) is 19.1 Å². The van der Waals surface area contributed by atoms with Crippen LogP contribution in [0, 0.1) is 0 Å². The van der Waals surface area contributed by atoms with Gasteiger partial charge in [0.15, 0.2) is 11.9 Å². The first-order valence-electron chi connectivity index (χ1n) is 3.93. The molecule has 4 nitrogen and oxygen atoms in total. The van der Waals surface area contributed by atoms with Gasteiger partial charge in [-0.3, -0.25) is 0 Å². The Kier molecular flexibility index (Phi) is 5.48. The lowest BCUT2D eigenvalue weighted by Crippen LogP contribution is -2.31. The maximum Gasteiger partial charge on any atom is 0.180 e. The highest BCUT2D eigenvalue weighted by molar-refractivity contribution is 5.85. The highest BCUT2D eigenvalue weighted by Gasteiger charge is 2.08. The zero-order chi connectivity index (χ0) is 9.68. The molecule has 5 heteroatoms. The Bertz CT molecular complexity index is 290. The van der Waals surface area contributed by atoms with Crippen LogP contribution in [-0.2, 0) is 0 Å². The van der Waals surface area contributed by atoms with Gasteiger partial charge in [0, 0.05) is 0 Å². The summed E-state index contributed by atoms with van der Waals surface area (Å²) in [5.74, 6) is 0.755. The van der Waals surface area contributed by atoms with Gasteiger partial charge in [0.25, 0.3) is 0 Å². The Labute approximate surface area is 88.8 Å². The Morgan fingerprint density at radius 3 is 2.50 bits per heavy atom. The number of amidine groups is 1. The monoisotopic (exact) mass is 216 g/mol. The van der Waals surface area contributed by atoms with Gasteiger partial charge in [-0.2, -0.15) is 0 Å². The fourth-order valence-corrected chi connectivity index (χ4v) is 0.845. The lowest BCUT2D eigenvalue weighted by atomic mass is 10.3. The van der Waals surface area contributed by atoms with Gasteiger partial charge in [0.2, 0.25) is 0 Å². The molecule has 0 radical (unpaired) electrons. The van der Waals surface area contributed by atoms with E-state index in [-0.39, 0.29) is 18.2 Å². The lowest BCUT2D eigenvalue weighted by molar-refractivity contribution is 0.265. The standard InChI is InChI=1S/C9H12N2O2.ClH/c1-7(9(10)11-12)13-8-5-3-2-4-6-8;/h2-7,12H,1H3,(H2,10,11);1H. The second kappa shape index (κ2) is 6.10. The van der Waals surface area contributed by atoms with Crippen LogP contribution >= 0.6 is 12.4 Å². The highest BCUT2D eigenvalue weighted by Crippen LogP contribution is 2.10. The Morgan fingerprint density at radius 1 is 1.43 bits per heavy atom. The van der Waals surface area contributed by atoms with Gasteiger partial charge < -0.3 is 15.7 Å². The number of benzene rings is 1. The largest absolute Gasteiger partial charge is 0.483 e. The molecule has 0 saturated heterocycles. The molecule has 3 N–H and O–H groups in total. The van der Waals surface area contributed by atoms with Crippen LogP contribution in [0.5, 0.6) is 5.75 Å². The number of halogens is 1. The minimum atomic E-state index is -0.424. The molecule has 14 heavy (non-hydrogen) atoms. The number of para-hydroxylation sites is 1. The summed E-state index contributed by atoms with van der Waals surface area (Å²) in [4.78, 5) is 0. The number of hydrogen-bond acceptors (Lipinski definition) is 3. The molecule has 0 fully saturated rings. The third kappa shape index (κ3) is 3.53. The number of oxime groups is 1. The second-order valence-corrected chi connectivity index (χ2v) is 2.60. The van der Waals surface area contributed by atoms with E-state index in [1.54, 1.807) is 19.1 Å². The summed E-state index contributed by atoms with van der Waals surface area (Å²) in [5, 5.41) is 11.2. The van der Waals surface area contributed by atoms with Crippen molar-refractivity contribution in [2.75, 3.05) is 0 Å². The molecule has 0 saturated carbocycles. The van der Waals surface area contributed by atoms with Gasteiger partial charge in [0.05, 0.1) is 0 Å². The van der Waals surface area contributed by atoms with Crippen molar-refractivity contribution in [3.63, 3.8) is 0 Å². The quantitative estimate of drug-likeness (QED) is 0.349. The fraction of sp³-hybridized carbons (Fsp3) is 0.222. The minimum Gasteiger partial charge on any atom is -0.483 e. The summed E-state index contributed by atoms with van der Waals surface area (Å²) in [6.07, 6.45) is -0.424. The molecule has 78 valence electrons. The van der Waals surface area contributed by atoms with E-state index in [4.69, 9.17) is 15.7 Å². The lowest BCUT2D eigenvalue weighted by Gasteiger charge is -2.12. The van der Waals surface area contributed by atoms with Crippen molar-refractivity contribution >= 4 is 18.2 Å². The van der Waals surface area contributed by atoms with Crippen molar-refractivity contribution in [2.24, 2.45) is 10.9 Å². The zero-order valence-electron chi connectivity index (χ0n) is 7.75. The third-order valence-corrected chi connectivity index (χ3v) is 1.59. The summed E-state index contributed by atoms with van der Waals surface area (Å²) in [7, 11) is 0. The van der Waals surface area contributed by atoms with E-state index in [0.717, 1.165) is 0 Å². The SMILES string of the molecule is CC(Oc1ccccc1)C(N)=NO.Cl. The highest BCUT2D eigenvalue weighted by atomic mass is 35.5. The maximum atomic E-state index is 8.37. The average molecular weight is 217 g/mol. The number of ether oxygens (including phenoxy) is 1. The number of hydrogen-bond donors (Lipinski definition) is 2. The maximum absolute atomic E-state index is 8.37. The first-order chi connectivity index (χ1) is 6.24. The molecular weight excluding hydrogens is 204 g/mol. The van der Waals surface area contributed by atoms with Crippen LogP contribution in [0.2, 0.25) is 0 Å². The van der Waals surface area contributed by atoms with Crippen LogP contribution in [0.15, 0.2) is 35.5 Å². The van der Waals surface area contributed by atoms with Crippen LogP contribution in [0.1, 0.15) is 6.92 Å². The number of rotatable bonds is 3. The molecule has 0 spiro atoms. The smallest absolute Gasteiger partial charge is 0.180 e. The van der Waals surface area contributed by atoms with Crippen molar-refractivity contribution in [3.05, 3.63) is 30.3 Å².